The summed E-state index contributed by atoms with van der Waals surface area (Å²) in [4.78, 5) is 25.1. The third kappa shape index (κ3) is 4.70. The maximum absolute atomic E-state index is 12.4. The van der Waals surface area contributed by atoms with Crippen LogP contribution in [-0.2, 0) is 6.42 Å². The summed E-state index contributed by atoms with van der Waals surface area (Å²) in [6.45, 7) is 3.51. The molecule has 0 atom stereocenters. The van der Waals surface area contributed by atoms with Crippen molar-refractivity contribution >= 4 is 5.78 Å². The van der Waals surface area contributed by atoms with Gasteiger partial charge >= 0.3 is 6.36 Å². The number of ketones is 1. The van der Waals surface area contributed by atoms with E-state index >= 15 is 0 Å². The predicted octanol–water partition coefficient (Wildman–Crippen LogP) is 4.48. The van der Waals surface area contributed by atoms with Gasteiger partial charge in [-0.3, -0.25) is 19.7 Å². The van der Waals surface area contributed by atoms with Crippen LogP contribution >= 0.6 is 0 Å². The molecule has 0 radical (unpaired) electrons. The fraction of sp³-hybridized carbons (Fsp3) is 0.200. The Morgan fingerprint density at radius 3 is 2.61 bits per heavy atom. The van der Waals surface area contributed by atoms with E-state index in [0.29, 0.717) is 28.2 Å². The van der Waals surface area contributed by atoms with Gasteiger partial charge in [-0.05, 0) is 37.6 Å². The summed E-state index contributed by atoms with van der Waals surface area (Å²) in [5.41, 5.74) is 3.16. The van der Waals surface area contributed by atoms with Gasteiger partial charge in [0.15, 0.2) is 5.78 Å². The van der Waals surface area contributed by atoms with E-state index in [1.807, 2.05) is 6.92 Å². The Hall–Kier alpha value is -3.29. The van der Waals surface area contributed by atoms with Gasteiger partial charge in [-0.15, -0.1) is 13.2 Å². The molecular weight excluding hydrogens is 371 g/mol. The molecule has 0 spiro atoms. The number of rotatable bonds is 5. The molecule has 0 fully saturated rings. The number of aryl methyl sites for hydroxylation is 2. The van der Waals surface area contributed by atoms with Crippen LogP contribution in [0.25, 0.3) is 11.3 Å². The van der Waals surface area contributed by atoms with Crippen LogP contribution in [0, 0.1) is 13.8 Å². The second-order valence-corrected chi connectivity index (χ2v) is 6.16. The highest BCUT2D eigenvalue weighted by Crippen LogP contribution is 2.28. The first kappa shape index (κ1) is 19.5. The van der Waals surface area contributed by atoms with Crippen LogP contribution < -0.4 is 4.74 Å². The SMILES string of the molecule is Cc1ccncc1C(=O)Cc1cnc(-c2cccc(OC(F)(F)F)c2)c(C)n1. The molecular formula is C20H16F3N3O2. The fourth-order valence-corrected chi connectivity index (χ4v) is 2.75. The normalized spacial score (nSPS) is 11.3. The van der Waals surface area contributed by atoms with Gasteiger partial charge in [0, 0.05) is 29.7 Å². The van der Waals surface area contributed by atoms with Crippen LogP contribution in [0.2, 0.25) is 0 Å². The van der Waals surface area contributed by atoms with Crippen LogP contribution in [0.3, 0.4) is 0 Å². The van der Waals surface area contributed by atoms with E-state index in [2.05, 4.69) is 19.7 Å². The Labute approximate surface area is 159 Å². The number of hydrogen-bond donors (Lipinski definition) is 0. The lowest BCUT2D eigenvalue weighted by molar-refractivity contribution is -0.274. The van der Waals surface area contributed by atoms with Gasteiger partial charge in [-0.25, -0.2) is 0 Å². The molecule has 0 amide bonds. The molecule has 0 aliphatic heterocycles. The monoisotopic (exact) mass is 387 g/mol. The minimum atomic E-state index is -4.77. The third-order valence-electron chi connectivity index (χ3n) is 4.02. The van der Waals surface area contributed by atoms with Crippen LogP contribution in [0.1, 0.15) is 27.3 Å². The van der Waals surface area contributed by atoms with Crippen LogP contribution in [0.4, 0.5) is 13.2 Å². The van der Waals surface area contributed by atoms with Gasteiger partial charge < -0.3 is 4.74 Å². The highest BCUT2D eigenvalue weighted by Gasteiger charge is 2.31. The Kier molecular flexibility index (Phi) is 5.39. The summed E-state index contributed by atoms with van der Waals surface area (Å²) in [5, 5.41) is 0. The van der Waals surface area contributed by atoms with Crippen molar-refractivity contribution in [1.82, 2.24) is 15.0 Å². The average molecular weight is 387 g/mol. The average Bonchev–Trinajstić information content (AvgIpc) is 2.61. The Balaban J connectivity index is 1.82. The van der Waals surface area contributed by atoms with E-state index < -0.39 is 6.36 Å². The molecule has 1 aromatic carbocycles. The van der Waals surface area contributed by atoms with Crippen molar-refractivity contribution in [3.8, 4) is 17.0 Å². The number of benzene rings is 1. The van der Waals surface area contributed by atoms with Gasteiger partial charge in [0.05, 0.1) is 23.5 Å². The summed E-state index contributed by atoms with van der Waals surface area (Å²) >= 11 is 0. The summed E-state index contributed by atoms with van der Waals surface area (Å²) in [6.07, 6.45) is -0.144. The summed E-state index contributed by atoms with van der Waals surface area (Å²) in [5.74, 6) is -0.467. The molecule has 0 N–H and O–H groups in total. The van der Waals surface area contributed by atoms with Crippen molar-refractivity contribution in [3.05, 3.63) is 71.4 Å². The molecule has 0 saturated carbocycles. The topological polar surface area (TPSA) is 65.0 Å². The number of nitrogens with zero attached hydrogens (tertiary/aromatic N) is 3. The summed E-state index contributed by atoms with van der Waals surface area (Å²) < 4.78 is 41.2. The molecule has 28 heavy (non-hydrogen) atoms. The lowest BCUT2D eigenvalue weighted by Gasteiger charge is -2.11. The Morgan fingerprint density at radius 1 is 1.14 bits per heavy atom. The van der Waals surface area contributed by atoms with Crippen LogP contribution in [0.15, 0.2) is 48.9 Å². The van der Waals surface area contributed by atoms with Crippen molar-refractivity contribution in [3.63, 3.8) is 0 Å². The number of ether oxygens (including phenoxy) is 1. The second-order valence-electron chi connectivity index (χ2n) is 6.16. The number of alkyl halides is 3. The number of halogens is 3. The molecule has 0 unspecified atom stereocenters. The number of hydrogen-bond acceptors (Lipinski definition) is 5. The van der Waals surface area contributed by atoms with Gasteiger partial charge in [0.2, 0.25) is 0 Å². The Morgan fingerprint density at radius 2 is 1.93 bits per heavy atom. The van der Waals surface area contributed by atoms with E-state index in [0.717, 1.165) is 5.56 Å². The molecule has 3 rings (SSSR count). The molecule has 0 saturated heterocycles. The highest BCUT2D eigenvalue weighted by molar-refractivity contribution is 5.98. The maximum Gasteiger partial charge on any atom is 0.573 e. The molecule has 0 aliphatic rings. The fourth-order valence-electron chi connectivity index (χ4n) is 2.75. The van der Waals surface area contributed by atoms with Crippen molar-refractivity contribution < 1.29 is 22.7 Å². The zero-order valence-corrected chi connectivity index (χ0v) is 15.1. The van der Waals surface area contributed by atoms with E-state index in [1.54, 1.807) is 25.3 Å². The second kappa shape index (κ2) is 7.75. The first-order chi connectivity index (χ1) is 13.2. The first-order valence-electron chi connectivity index (χ1n) is 8.35. The number of pyridine rings is 1. The minimum absolute atomic E-state index is 0.0535. The zero-order valence-electron chi connectivity index (χ0n) is 15.1. The predicted molar refractivity (Wildman–Crippen MR) is 95.9 cm³/mol. The molecule has 0 bridgehead atoms. The first-order valence-corrected chi connectivity index (χ1v) is 8.35. The van der Waals surface area contributed by atoms with Gasteiger partial charge in [-0.2, -0.15) is 0 Å². The van der Waals surface area contributed by atoms with Crippen LogP contribution in [-0.4, -0.2) is 27.1 Å². The van der Waals surface area contributed by atoms with Crippen molar-refractivity contribution in [2.24, 2.45) is 0 Å². The molecule has 2 heterocycles. The highest BCUT2D eigenvalue weighted by atomic mass is 19.4. The molecule has 144 valence electrons. The van der Waals surface area contributed by atoms with Crippen molar-refractivity contribution in [2.45, 2.75) is 26.6 Å². The van der Waals surface area contributed by atoms with E-state index in [-0.39, 0.29) is 18.0 Å². The Bertz CT molecular complexity index is 1020. The number of carbonyl (C=O) groups is 1. The zero-order chi connectivity index (χ0) is 20.3. The third-order valence-corrected chi connectivity index (χ3v) is 4.02. The molecule has 2 aromatic heterocycles. The smallest absolute Gasteiger partial charge is 0.406 e. The summed E-state index contributed by atoms with van der Waals surface area (Å²) in [7, 11) is 0. The van der Waals surface area contributed by atoms with Crippen molar-refractivity contribution in [1.29, 1.82) is 0 Å². The van der Waals surface area contributed by atoms with E-state index in [4.69, 9.17) is 0 Å². The lowest BCUT2D eigenvalue weighted by Crippen LogP contribution is -2.17. The van der Waals surface area contributed by atoms with E-state index in [9.17, 15) is 18.0 Å². The largest absolute Gasteiger partial charge is 0.573 e. The van der Waals surface area contributed by atoms with Crippen molar-refractivity contribution in [2.75, 3.05) is 0 Å². The van der Waals surface area contributed by atoms with Crippen LogP contribution in [0.5, 0.6) is 5.75 Å². The lowest BCUT2D eigenvalue weighted by atomic mass is 10.0. The number of Topliss-reactive ketones (excluding diaryl/α,β-unsaturated/α-hetero) is 1. The maximum atomic E-state index is 12.4. The van der Waals surface area contributed by atoms with Gasteiger partial charge in [-0.1, -0.05) is 12.1 Å². The standard InChI is InChI=1S/C20H16F3N3O2/c1-12-6-7-24-11-17(12)18(27)9-15-10-25-19(13(2)26-15)14-4-3-5-16(8-14)28-20(21,22)23/h3-8,10-11H,9H2,1-2H3. The minimum Gasteiger partial charge on any atom is -0.406 e. The molecule has 3 aromatic rings. The van der Waals surface area contributed by atoms with Gasteiger partial charge in [0.1, 0.15) is 5.75 Å². The van der Waals surface area contributed by atoms with E-state index in [1.165, 1.54) is 30.6 Å². The molecule has 0 aliphatic carbocycles. The van der Waals surface area contributed by atoms with Gasteiger partial charge in [0.25, 0.3) is 0 Å². The summed E-state index contributed by atoms with van der Waals surface area (Å²) in [6, 6.07) is 7.27. The number of aromatic nitrogens is 3. The quantitative estimate of drug-likeness (QED) is 0.604. The molecule has 5 nitrogen and oxygen atoms in total. The molecule has 8 heteroatoms. The number of carbonyl (C=O) groups excluding carboxylic acids is 1.